The van der Waals surface area contributed by atoms with Crippen molar-refractivity contribution >= 4 is 0 Å². The second kappa shape index (κ2) is 8.11. The van der Waals surface area contributed by atoms with Crippen LogP contribution in [0.2, 0.25) is 0 Å². The third-order valence-corrected chi connectivity index (χ3v) is 6.50. The van der Waals surface area contributed by atoms with Crippen molar-refractivity contribution in [3.63, 3.8) is 0 Å². The Kier molecular flexibility index (Phi) is 5.55. The van der Waals surface area contributed by atoms with Crippen LogP contribution in [0.1, 0.15) is 50.1 Å². The molecule has 0 radical (unpaired) electrons. The first-order chi connectivity index (χ1) is 14.0. The monoisotopic (exact) mass is 392 g/mol. The van der Waals surface area contributed by atoms with E-state index in [1.165, 1.54) is 29.0 Å². The van der Waals surface area contributed by atoms with Crippen molar-refractivity contribution in [1.29, 1.82) is 0 Å². The first-order valence-corrected chi connectivity index (χ1v) is 10.5. The molecule has 2 aromatic carbocycles. The molecule has 152 valence electrons. The number of fused-ring (bicyclic) bond motifs is 1. The van der Waals surface area contributed by atoms with Crippen molar-refractivity contribution in [2.75, 3.05) is 6.61 Å². The molecule has 2 unspecified atom stereocenters. The van der Waals surface area contributed by atoms with Gasteiger partial charge in [-0.3, -0.25) is 0 Å². The molecule has 29 heavy (non-hydrogen) atoms. The van der Waals surface area contributed by atoms with Crippen LogP contribution in [0, 0.1) is 17.2 Å². The van der Waals surface area contributed by atoms with Crippen LogP contribution >= 0.6 is 0 Å². The van der Waals surface area contributed by atoms with Gasteiger partial charge in [-0.25, -0.2) is 9.07 Å². The molecule has 1 aliphatic rings. The van der Waals surface area contributed by atoms with Crippen LogP contribution in [0.3, 0.4) is 0 Å². The van der Waals surface area contributed by atoms with Gasteiger partial charge in [0.25, 0.3) is 0 Å². The van der Waals surface area contributed by atoms with Crippen LogP contribution in [0.15, 0.2) is 60.8 Å². The number of hydrogen-bond acceptors (Lipinski definition) is 2. The van der Waals surface area contributed by atoms with Gasteiger partial charge >= 0.3 is 0 Å². The van der Waals surface area contributed by atoms with Gasteiger partial charge in [-0.15, -0.1) is 0 Å². The summed E-state index contributed by atoms with van der Waals surface area (Å²) in [4.78, 5) is 0. The summed E-state index contributed by atoms with van der Waals surface area (Å²) in [6.07, 6.45) is 4.99. The summed E-state index contributed by atoms with van der Waals surface area (Å²) >= 11 is 0. The largest absolute Gasteiger partial charge is 0.374 e. The summed E-state index contributed by atoms with van der Waals surface area (Å²) in [6.45, 7) is 7.48. The predicted molar refractivity (Wildman–Crippen MR) is 114 cm³/mol. The second-order valence-electron chi connectivity index (χ2n) is 8.50. The van der Waals surface area contributed by atoms with Crippen LogP contribution in [-0.2, 0) is 17.6 Å². The van der Waals surface area contributed by atoms with Gasteiger partial charge < -0.3 is 4.74 Å². The minimum Gasteiger partial charge on any atom is -0.374 e. The van der Waals surface area contributed by atoms with Crippen LogP contribution in [-0.4, -0.2) is 16.4 Å². The lowest BCUT2D eigenvalue weighted by Gasteiger charge is -2.42. The molecule has 0 saturated heterocycles. The number of rotatable bonds is 6. The maximum atomic E-state index is 13.3. The van der Waals surface area contributed by atoms with Gasteiger partial charge in [0.2, 0.25) is 0 Å². The Balaban J connectivity index is 1.60. The lowest BCUT2D eigenvalue weighted by atomic mass is 9.64. The van der Waals surface area contributed by atoms with E-state index in [9.17, 15) is 4.39 Å². The van der Waals surface area contributed by atoms with E-state index in [1.54, 1.807) is 12.1 Å². The lowest BCUT2D eigenvalue weighted by molar-refractivity contribution is 0.00644. The van der Waals surface area contributed by atoms with Crippen molar-refractivity contribution in [2.24, 2.45) is 11.3 Å². The topological polar surface area (TPSA) is 27.1 Å². The Morgan fingerprint density at radius 1 is 1.17 bits per heavy atom. The van der Waals surface area contributed by atoms with Gasteiger partial charge in [-0.1, -0.05) is 44.2 Å². The van der Waals surface area contributed by atoms with Crippen LogP contribution < -0.4 is 0 Å². The Bertz CT molecular complexity index is 951. The van der Waals surface area contributed by atoms with Crippen LogP contribution in [0.4, 0.5) is 4.39 Å². The quantitative estimate of drug-likeness (QED) is 0.521. The fourth-order valence-corrected chi connectivity index (χ4v) is 4.56. The lowest BCUT2D eigenvalue weighted by Crippen LogP contribution is -2.36. The highest BCUT2D eigenvalue weighted by atomic mass is 19.1. The minimum atomic E-state index is -0.224. The fraction of sp³-hybridized carbons (Fsp3) is 0.400. The van der Waals surface area contributed by atoms with E-state index in [0.29, 0.717) is 12.5 Å². The average Bonchev–Trinajstić information content (AvgIpc) is 3.11. The van der Waals surface area contributed by atoms with Gasteiger partial charge in [0, 0.05) is 12.3 Å². The minimum absolute atomic E-state index is 0.0994. The van der Waals surface area contributed by atoms with E-state index in [4.69, 9.17) is 4.74 Å². The second-order valence-corrected chi connectivity index (χ2v) is 8.50. The molecule has 1 heterocycles. The predicted octanol–water partition coefficient (Wildman–Crippen LogP) is 5.92. The van der Waals surface area contributed by atoms with Crippen molar-refractivity contribution in [2.45, 2.75) is 46.1 Å². The molecule has 3 atom stereocenters. The van der Waals surface area contributed by atoms with Crippen molar-refractivity contribution in [3.05, 3.63) is 83.4 Å². The molecule has 0 spiro atoms. The third kappa shape index (κ3) is 3.99. The molecule has 0 amide bonds. The highest BCUT2D eigenvalue weighted by Gasteiger charge is 2.40. The number of ether oxygens (including phenoxy) is 1. The van der Waals surface area contributed by atoms with E-state index in [2.05, 4.69) is 50.1 Å². The number of hydrogen-bond donors (Lipinski definition) is 0. The standard InChI is InChI=1S/C25H29FN2O/c1-4-29-24(19-8-6-5-7-9-19)16-25(3)15-20-17-27-28(23(20)14-18(25)2)22-12-10-21(26)11-13-22/h5-13,17-18,24H,4,14-16H2,1-3H3/t18?,24?,25-/m1/s1. The molecule has 3 aromatic rings. The summed E-state index contributed by atoms with van der Waals surface area (Å²) in [5, 5.41) is 4.63. The van der Waals surface area contributed by atoms with Crippen LogP contribution in [0.5, 0.6) is 0 Å². The zero-order chi connectivity index (χ0) is 20.4. The van der Waals surface area contributed by atoms with Gasteiger partial charge in [-0.05, 0) is 72.9 Å². The first-order valence-electron chi connectivity index (χ1n) is 10.5. The third-order valence-electron chi connectivity index (χ3n) is 6.50. The van der Waals surface area contributed by atoms with E-state index < -0.39 is 0 Å². The van der Waals surface area contributed by atoms with Crippen molar-refractivity contribution in [3.8, 4) is 5.69 Å². The Labute approximate surface area is 172 Å². The summed E-state index contributed by atoms with van der Waals surface area (Å²) in [7, 11) is 0. The molecule has 4 heteroatoms. The molecule has 1 aromatic heterocycles. The molecule has 3 nitrogen and oxygen atoms in total. The Morgan fingerprint density at radius 2 is 1.90 bits per heavy atom. The number of aromatic nitrogens is 2. The van der Waals surface area contributed by atoms with Crippen molar-refractivity contribution in [1.82, 2.24) is 9.78 Å². The molecular weight excluding hydrogens is 363 g/mol. The summed E-state index contributed by atoms with van der Waals surface area (Å²) in [5.41, 5.74) is 4.82. The maximum absolute atomic E-state index is 13.3. The Morgan fingerprint density at radius 3 is 2.59 bits per heavy atom. The molecule has 0 fully saturated rings. The zero-order valence-electron chi connectivity index (χ0n) is 17.4. The number of nitrogens with zero attached hydrogens (tertiary/aromatic N) is 2. The molecule has 0 N–H and O–H groups in total. The summed E-state index contributed by atoms with van der Waals surface area (Å²) < 4.78 is 21.4. The van der Waals surface area contributed by atoms with E-state index >= 15 is 0 Å². The molecule has 0 aliphatic heterocycles. The maximum Gasteiger partial charge on any atom is 0.123 e. The van der Waals surface area contributed by atoms with Crippen LogP contribution in [0.25, 0.3) is 5.69 Å². The molecule has 0 saturated carbocycles. The summed E-state index contributed by atoms with van der Waals surface area (Å²) in [5.74, 6) is 0.260. The number of halogens is 1. The average molecular weight is 393 g/mol. The van der Waals surface area contributed by atoms with Gasteiger partial charge in [0.05, 0.1) is 18.0 Å². The van der Waals surface area contributed by atoms with E-state index in [0.717, 1.165) is 24.9 Å². The zero-order valence-corrected chi connectivity index (χ0v) is 17.4. The molecular formula is C25H29FN2O. The first kappa shape index (κ1) is 19.8. The van der Waals surface area contributed by atoms with Gasteiger partial charge in [0.15, 0.2) is 0 Å². The fourth-order valence-electron chi connectivity index (χ4n) is 4.56. The molecule has 4 rings (SSSR count). The molecule has 1 aliphatic carbocycles. The van der Waals surface area contributed by atoms with E-state index in [-0.39, 0.29) is 17.3 Å². The Hall–Kier alpha value is -2.46. The molecule has 0 bridgehead atoms. The van der Waals surface area contributed by atoms with E-state index in [1.807, 2.05) is 16.9 Å². The smallest absolute Gasteiger partial charge is 0.123 e. The highest BCUT2D eigenvalue weighted by Crippen LogP contribution is 2.46. The van der Waals surface area contributed by atoms with Gasteiger partial charge in [0.1, 0.15) is 5.82 Å². The van der Waals surface area contributed by atoms with Gasteiger partial charge in [-0.2, -0.15) is 5.10 Å². The summed E-state index contributed by atoms with van der Waals surface area (Å²) in [6, 6.07) is 17.1. The highest BCUT2D eigenvalue weighted by molar-refractivity contribution is 5.37. The van der Waals surface area contributed by atoms with Crippen molar-refractivity contribution < 1.29 is 9.13 Å². The SMILES string of the molecule is CCOC(C[C@@]1(C)Cc2cnn(-c3ccc(F)cc3)c2CC1C)c1ccccc1. The number of benzene rings is 2. The normalized spacial score (nSPS) is 22.3.